The van der Waals surface area contributed by atoms with Crippen LogP contribution in [-0.4, -0.2) is 58.0 Å². The molecule has 0 saturated carbocycles. The minimum atomic E-state index is -0.161. The zero-order valence-corrected chi connectivity index (χ0v) is 11.0. The van der Waals surface area contributed by atoms with Crippen molar-refractivity contribution in [2.24, 2.45) is 0 Å². The van der Waals surface area contributed by atoms with E-state index in [2.05, 4.69) is 9.88 Å². The van der Waals surface area contributed by atoms with Gasteiger partial charge in [0.05, 0.1) is 0 Å². The molecule has 1 aromatic rings. The van der Waals surface area contributed by atoms with E-state index in [-0.39, 0.29) is 17.4 Å². The lowest BCUT2D eigenvalue weighted by molar-refractivity contribution is 0.0197. The number of nitrogens with zero attached hydrogens (tertiary/aromatic N) is 3. The Morgan fingerprint density at radius 3 is 2.68 bits per heavy atom. The first-order chi connectivity index (χ1) is 9.25. The average molecular weight is 261 g/mol. The third kappa shape index (κ3) is 2.42. The predicted molar refractivity (Wildman–Crippen MR) is 71.0 cm³/mol. The summed E-state index contributed by atoms with van der Waals surface area (Å²) < 4.78 is 0. The lowest BCUT2D eigenvalue weighted by atomic mass is 10.0. The van der Waals surface area contributed by atoms with Crippen LogP contribution in [-0.2, 0) is 0 Å². The van der Waals surface area contributed by atoms with E-state index < -0.39 is 0 Å². The van der Waals surface area contributed by atoms with Gasteiger partial charge in [-0.25, -0.2) is 4.98 Å². The van der Waals surface area contributed by atoms with Crippen molar-refractivity contribution in [2.75, 3.05) is 26.2 Å². The first kappa shape index (κ1) is 12.4. The molecule has 102 valence electrons. The summed E-state index contributed by atoms with van der Waals surface area (Å²) in [6, 6.07) is 3.62. The summed E-state index contributed by atoms with van der Waals surface area (Å²) in [4.78, 5) is 20.4. The van der Waals surface area contributed by atoms with E-state index in [9.17, 15) is 9.90 Å². The van der Waals surface area contributed by atoms with Gasteiger partial charge in [-0.15, -0.1) is 0 Å². The number of likely N-dealkylation sites (tertiary alicyclic amines) is 2. The molecule has 5 nitrogen and oxygen atoms in total. The van der Waals surface area contributed by atoms with Crippen LogP contribution in [0.3, 0.4) is 0 Å². The fourth-order valence-electron chi connectivity index (χ4n) is 2.85. The molecule has 0 spiro atoms. The number of pyridine rings is 1. The van der Waals surface area contributed by atoms with Gasteiger partial charge in [0.15, 0.2) is 5.69 Å². The molecular weight excluding hydrogens is 242 g/mol. The molecule has 2 saturated heterocycles. The maximum absolute atomic E-state index is 12.2. The molecule has 0 atom stereocenters. The smallest absolute Gasteiger partial charge is 0.276 e. The van der Waals surface area contributed by atoms with Gasteiger partial charge in [0.1, 0.15) is 5.75 Å². The summed E-state index contributed by atoms with van der Waals surface area (Å²) in [5, 5.41) is 9.64. The van der Waals surface area contributed by atoms with E-state index >= 15 is 0 Å². The first-order valence-electron chi connectivity index (χ1n) is 6.93. The quantitative estimate of drug-likeness (QED) is 0.866. The third-order valence-corrected chi connectivity index (χ3v) is 4.05. The van der Waals surface area contributed by atoms with Crippen LogP contribution in [0.15, 0.2) is 18.3 Å². The number of rotatable bonds is 2. The normalized spacial score (nSPS) is 21.2. The Morgan fingerprint density at radius 1 is 1.26 bits per heavy atom. The predicted octanol–water partition coefficient (Wildman–Crippen LogP) is 1.10. The molecule has 0 bridgehead atoms. The lowest BCUT2D eigenvalue weighted by Gasteiger charge is -2.46. The number of hydrogen-bond acceptors (Lipinski definition) is 4. The van der Waals surface area contributed by atoms with Crippen LogP contribution < -0.4 is 0 Å². The van der Waals surface area contributed by atoms with E-state index in [0.29, 0.717) is 6.04 Å². The number of carbonyl (C=O) groups excluding carboxylic acids is 1. The number of carbonyl (C=O) groups is 1. The van der Waals surface area contributed by atoms with Gasteiger partial charge in [0.25, 0.3) is 5.91 Å². The largest absolute Gasteiger partial charge is 0.505 e. The summed E-state index contributed by atoms with van der Waals surface area (Å²) >= 11 is 0. The van der Waals surface area contributed by atoms with Crippen molar-refractivity contribution in [1.82, 2.24) is 14.8 Å². The van der Waals surface area contributed by atoms with Crippen LogP contribution in [0.4, 0.5) is 0 Å². The van der Waals surface area contributed by atoms with E-state index in [1.54, 1.807) is 11.0 Å². The van der Waals surface area contributed by atoms with Gasteiger partial charge in [-0.05, 0) is 38.1 Å². The topological polar surface area (TPSA) is 56.7 Å². The Labute approximate surface area is 112 Å². The van der Waals surface area contributed by atoms with Crippen molar-refractivity contribution >= 4 is 5.91 Å². The second kappa shape index (κ2) is 5.17. The van der Waals surface area contributed by atoms with Crippen LogP contribution in [0.25, 0.3) is 0 Å². The summed E-state index contributed by atoms with van der Waals surface area (Å²) in [6.45, 7) is 3.83. The third-order valence-electron chi connectivity index (χ3n) is 4.05. The molecule has 3 heterocycles. The molecule has 0 aliphatic carbocycles. The molecule has 3 rings (SSSR count). The standard InChI is InChI=1S/C14H19N3O2/c18-12-5-4-6-15-13(12)14(19)17-9-11(10-17)16-7-2-1-3-8-16/h4-6,11,18H,1-3,7-10H2. The fourth-order valence-corrected chi connectivity index (χ4v) is 2.85. The van der Waals surface area contributed by atoms with E-state index in [0.717, 1.165) is 26.2 Å². The van der Waals surface area contributed by atoms with Crippen molar-refractivity contribution in [3.05, 3.63) is 24.0 Å². The van der Waals surface area contributed by atoms with E-state index in [4.69, 9.17) is 0 Å². The summed E-state index contributed by atoms with van der Waals surface area (Å²) in [5.41, 5.74) is 0.166. The number of piperidine rings is 1. The highest BCUT2D eigenvalue weighted by atomic mass is 16.3. The molecule has 1 aromatic heterocycles. The molecule has 0 unspecified atom stereocenters. The molecule has 1 amide bonds. The highest BCUT2D eigenvalue weighted by Crippen LogP contribution is 2.23. The Morgan fingerprint density at radius 2 is 2.00 bits per heavy atom. The van der Waals surface area contributed by atoms with Crippen LogP contribution in [0, 0.1) is 0 Å². The highest BCUT2D eigenvalue weighted by molar-refractivity contribution is 5.95. The van der Waals surface area contributed by atoms with Gasteiger partial charge in [0, 0.05) is 25.3 Å². The molecule has 2 aliphatic rings. The zero-order valence-electron chi connectivity index (χ0n) is 11.0. The van der Waals surface area contributed by atoms with Crippen molar-refractivity contribution in [3.8, 4) is 5.75 Å². The minimum absolute atomic E-state index is 0.0334. The molecule has 5 heteroatoms. The Bertz CT molecular complexity index is 466. The lowest BCUT2D eigenvalue weighted by Crippen LogP contribution is -2.61. The zero-order chi connectivity index (χ0) is 13.2. The first-order valence-corrected chi connectivity index (χ1v) is 6.93. The van der Waals surface area contributed by atoms with Gasteiger partial charge in [0.2, 0.25) is 0 Å². The number of amides is 1. The molecule has 1 N–H and O–H groups in total. The molecular formula is C14H19N3O2. The van der Waals surface area contributed by atoms with Crippen LogP contribution in [0.5, 0.6) is 5.75 Å². The van der Waals surface area contributed by atoms with Crippen LogP contribution in [0.1, 0.15) is 29.8 Å². The fraction of sp³-hybridized carbons (Fsp3) is 0.571. The second-order valence-electron chi connectivity index (χ2n) is 5.33. The van der Waals surface area contributed by atoms with Gasteiger partial charge in [-0.3, -0.25) is 9.69 Å². The molecule has 19 heavy (non-hydrogen) atoms. The summed E-state index contributed by atoms with van der Waals surface area (Å²) in [5.74, 6) is -0.194. The second-order valence-corrected chi connectivity index (χ2v) is 5.33. The highest BCUT2D eigenvalue weighted by Gasteiger charge is 2.36. The monoisotopic (exact) mass is 261 g/mol. The Hall–Kier alpha value is -1.62. The summed E-state index contributed by atoms with van der Waals surface area (Å²) in [6.07, 6.45) is 5.40. The van der Waals surface area contributed by atoms with Gasteiger partial charge >= 0.3 is 0 Å². The molecule has 0 radical (unpaired) electrons. The van der Waals surface area contributed by atoms with Crippen molar-refractivity contribution in [3.63, 3.8) is 0 Å². The van der Waals surface area contributed by atoms with E-state index in [1.165, 1.54) is 31.5 Å². The van der Waals surface area contributed by atoms with E-state index in [1.807, 2.05) is 0 Å². The SMILES string of the molecule is O=C(c1ncccc1O)N1CC(N2CCCCC2)C1. The van der Waals surface area contributed by atoms with Crippen molar-refractivity contribution in [2.45, 2.75) is 25.3 Å². The Balaban J connectivity index is 1.58. The molecule has 2 aliphatic heterocycles. The maximum Gasteiger partial charge on any atom is 0.276 e. The Kier molecular flexibility index (Phi) is 3.38. The molecule has 0 aromatic carbocycles. The number of hydrogen-bond donors (Lipinski definition) is 1. The van der Waals surface area contributed by atoms with Gasteiger partial charge < -0.3 is 10.0 Å². The minimum Gasteiger partial charge on any atom is -0.505 e. The number of aromatic hydroxyl groups is 1. The van der Waals surface area contributed by atoms with Crippen molar-refractivity contribution in [1.29, 1.82) is 0 Å². The van der Waals surface area contributed by atoms with Gasteiger partial charge in [-0.2, -0.15) is 0 Å². The summed E-state index contributed by atoms with van der Waals surface area (Å²) in [7, 11) is 0. The van der Waals surface area contributed by atoms with Gasteiger partial charge in [-0.1, -0.05) is 6.42 Å². The molecule has 2 fully saturated rings. The average Bonchev–Trinajstić information content (AvgIpc) is 2.38. The van der Waals surface area contributed by atoms with Crippen LogP contribution in [0.2, 0.25) is 0 Å². The van der Waals surface area contributed by atoms with Crippen molar-refractivity contribution < 1.29 is 9.90 Å². The number of aromatic nitrogens is 1. The maximum atomic E-state index is 12.2. The van der Waals surface area contributed by atoms with Crippen LogP contribution >= 0.6 is 0 Å².